The van der Waals surface area contributed by atoms with Gasteiger partial charge < -0.3 is 9.84 Å². The molecule has 8 heteroatoms. The highest BCUT2D eigenvalue weighted by Crippen LogP contribution is 2.42. The fourth-order valence-electron chi connectivity index (χ4n) is 1.44. The van der Waals surface area contributed by atoms with Gasteiger partial charge in [-0.15, -0.1) is 0 Å². The van der Waals surface area contributed by atoms with E-state index in [0.29, 0.717) is 4.88 Å². The van der Waals surface area contributed by atoms with Crippen molar-refractivity contribution >= 4 is 17.0 Å². The predicted molar refractivity (Wildman–Crippen MR) is 68.0 cm³/mol. The lowest BCUT2D eigenvalue weighted by Crippen LogP contribution is -1.92. The Morgan fingerprint density at radius 1 is 1.40 bits per heavy atom. The summed E-state index contributed by atoms with van der Waals surface area (Å²) in [4.78, 5) is 10.5. The van der Waals surface area contributed by atoms with E-state index in [9.17, 15) is 24.0 Å². The molecule has 1 atom stereocenters. The highest BCUT2D eigenvalue weighted by molar-refractivity contribution is 7.14. The molecular weight excluding hydrogens is 292 g/mol. The minimum atomic E-state index is -0.923. The highest BCUT2D eigenvalue weighted by atomic mass is 32.1. The second kappa shape index (κ2) is 5.51. The molecule has 0 radical (unpaired) electrons. The summed E-state index contributed by atoms with van der Waals surface area (Å²) in [7, 11) is 0. The van der Waals surface area contributed by atoms with Crippen molar-refractivity contribution in [2.75, 3.05) is 0 Å². The summed E-state index contributed by atoms with van der Waals surface area (Å²) in [6.45, 7) is 1.43. The number of ether oxygens (including phenoxy) is 1. The van der Waals surface area contributed by atoms with Gasteiger partial charge in [0.25, 0.3) is 5.06 Å². The Balaban J connectivity index is 2.42. The Kier molecular flexibility index (Phi) is 3.96. The number of nitrogens with zero attached hydrogens (tertiary/aromatic N) is 1. The second-order valence-corrected chi connectivity index (χ2v) is 4.98. The molecule has 0 amide bonds. The van der Waals surface area contributed by atoms with Crippen molar-refractivity contribution in [2.45, 2.75) is 13.0 Å². The van der Waals surface area contributed by atoms with Gasteiger partial charge in [-0.25, -0.2) is 8.78 Å². The normalized spacial score (nSPS) is 12.2. The first-order valence-electron chi connectivity index (χ1n) is 5.47. The zero-order valence-corrected chi connectivity index (χ0v) is 11.0. The number of benzene rings is 1. The van der Waals surface area contributed by atoms with E-state index in [2.05, 4.69) is 0 Å². The van der Waals surface area contributed by atoms with Crippen LogP contribution in [0.15, 0.2) is 24.3 Å². The number of rotatable bonds is 4. The van der Waals surface area contributed by atoms with Gasteiger partial charge in [-0.2, -0.15) is 0 Å². The molecule has 20 heavy (non-hydrogen) atoms. The minimum Gasteiger partial charge on any atom is -0.437 e. The number of aliphatic hydroxyl groups excluding tert-OH is 1. The number of hydrogen-bond acceptors (Lipinski definition) is 5. The van der Waals surface area contributed by atoms with Crippen LogP contribution in [0, 0.1) is 21.7 Å². The van der Waals surface area contributed by atoms with Crippen LogP contribution in [0.25, 0.3) is 0 Å². The SMILES string of the molecule is CC(O)c1cc([N+](=O)[O-])c(Oc2cc(F)ccc2F)s1. The predicted octanol–water partition coefficient (Wildman–Crippen LogP) is 3.78. The average Bonchev–Trinajstić information content (AvgIpc) is 2.78. The molecule has 0 fully saturated rings. The van der Waals surface area contributed by atoms with Crippen molar-refractivity contribution in [2.24, 2.45) is 0 Å². The van der Waals surface area contributed by atoms with E-state index >= 15 is 0 Å². The zero-order valence-electron chi connectivity index (χ0n) is 10.2. The van der Waals surface area contributed by atoms with Gasteiger partial charge in [-0.1, -0.05) is 11.3 Å². The Hall–Kier alpha value is -2.06. The Morgan fingerprint density at radius 3 is 2.70 bits per heavy atom. The molecule has 2 aromatic rings. The summed E-state index contributed by atoms with van der Waals surface area (Å²) in [5.74, 6) is -2.02. The monoisotopic (exact) mass is 301 g/mol. The Morgan fingerprint density at radius 2 is 2.10 bits per heavy atom. The molecule has 106 valence electrons. The first kappa shape index (κ1) is 14.4. The number of nitro groups is 1. The molecule has 1 aromatic carbocycles. The van der Waals surface area contributed by atoms with E-state index in [1.54, 1.807) is 0 Å². The van der Waals surface area contributed by atoms with Gasteiger partial charge in [-0.3, -0.25) is 10.1 Å². The third-order valence-electron chi connectivity index (χ3n) is 2.40. The van der Waals surface area contributed by atoms with E-state index in [1.165, 1.54) is 6.92 Å². The third kappa shape index (κ3) is 2.91. The van der Waals surface area contributed by atoms with Crippen molar-refractivity contribution in [1.29, 1.82) is 0 Å². The second-order valence-electron chi connectivity index (χ2n) is 3.93. The van der Waals surface area contributed by atoms with Crippen molar-refractivity contribution in [3.05, 3.63) is 50.9 Å². The summed E-state index contributed by atoms with van der Waals surface area (Å²) < 4.78 is 31.5. The van der Waals surface area contributed by atoms with Crippen LogP contribution < -0.4 is 4.74 Å². The fourth-order valence-corrected chi connectivity index (χ4v) is 2.37. The van der Waals surface area contributed by atoms with Gasteiger partial charge in [0.1, 0.15) is 5.82 Å². The number of hydrogen-bond donors (Lipinski definition) is 1. The third-order valence-corrected chi connectivity index (χ3v) is 3.58. The summed E-state index contributed by atoms with van der Waals surface area (Å²) in [6.07, 6.45) is -0.923. The van der Waals surface area contributed by atoms with Crippen LogP contribution in [0.4, 0.5) is 14.5 Å². The van der Waals surface area contributed by atoms with Crippen molar-refractivity contribution in [1.82, 2.24) is 0 Å². The lowest BCUT2D eigenvalue weighted by Gasteiger charge is -2.04. The largest absolute Gasteiger partial charge is 0.437 e. The molecule has 0 aliphatic carbocycles. The number of halogens is 2. The molecule has 0 saturated carbocycles. The van der Waals surface area contributed by atoms with Gasteiger partial charge in [0.05, 0.1) is 11.0 Å². The molecule has 1 heterocycles. The molecule has 0 spiro atoms. The molecule has 0 saturated heterocycles. The molecule has 1 N–H and O–H groups in total. The maximum absolute atomic E-state index is 13.4. The fraction of sp³-hybridized carbons (Fsp3) is 0.167. The standard InChI is InChI=1S/C12H9F2NO4S/c1-6(16)11-5-9(15(17)18)12(20-11)19-10-4-7(13)2-3-8(10)14/h2-6,16H,1H3. The lowest BCUT2D eigenvalue weighted by atomic mass is 10.3. The Bertz CT molecular complexity index is 657. The minimum absolute atomic E-state index is 0.213. The molecular formula is C12H9F2NO4S. The Labute approximate surface area is 116 Å². The van der Waals surface area contributed by atoms with Gasteiger partial charge in [-0.05, 0) is 19.1 Å². The molecule has 1 unspecified atom stereocenters. The summed E-state index contributed by atoms with van der Waals surface area (Å²) in [6, 6.07) is 3.70. The van der Waals surface area contributed by atoms with Crippen LogP contribution >= 0.6 is 11.3 Å². The molecule has 1 aromatic heterocycles. The van der Waals surface area contributed by atoms with Gasteiger partial charge in [0, 0.05) is 17.0 Å². The van der Waals surface area contributed by atoms with Crippen molar-refractivity contribution in [3.63, 3.8) is 0 Å². The topological polar surface area (TPSA) is 72.6 Å². The lowest BCUT2D eigenvalue weighted by molar-refractivity contribution is -0.385. The van der Waals surface area contributed by atoms with Gasteiger partial charge in [0.15, 0.2) is 11.6 Å². The maximum Gasteiger partial charge on any atom is 0.323 e. The molecule has 0 bridgehead atoms. The van der Waals surface area contributed by atoms with E-state index in [0.717, 1.165) is 35.6 Å². The number of aliphatic hydroxyl groups is 1. The summed E-state index contributed by atoms with van der Waals surface area (Å²) in [5.41, 5.74) is -0.408. The van der Waals surface area contributed by atoms with Crippen LogP contribution in [0.3, 0.4) is 0 Å². The van der Waals surface area contributed by atoms with E-state index < -0.39 is 34.1 Å². The van der Waals surface area contributed by atoms with Crippen LogP contribution in [0.1, 0.15) is 17.9 Å². The van der Waals surface area contributed by atoms with E-state index in [1.807, 2.05) is 0 Å². The summed E-state index contributed by atoms with van der Waals surface area (Å²) >= 11 is 0.802. The van der Waals surface area contributed by atoms with Crippen LogP contribution in [-0.2, 0) is 0 Å². The quantitative estimate of drug-likeness (QED) is 0.689. The van der Waals surface area contributed by atoms with Crippen LogP contribution in [-0.4, -0.2) is 10.0 Å². The first-order valence-corrected chi connectivity index (χ1v) is 6.29. The van der Waals surface area contributed by atoms with Crippen molar-refractivity contribution < 1.29 is 23.5 Å². The smallest absolute Gasteiger partial charge is 0.323 e. The maximum atomic E-state index is 13.4. The van der Waals surface area contributed by atoms with E-state index in [-0.39, 0.29) is 5.06 Å². The summed E-state index contributed by atoms with van der Waals surface area (Å²) in [5, 5.41) is 20.1. The zero-order chi connectivity index (χ0) is 14.9. The molecule has 0 aliphatic heterocycles. The van der Waals surface area contributed by atoms with E-state index in [4.69, 9.17) is 4.74 Å². The molecule has 0 aliphatic rings. The highest BCUT2D eigenvalue weighted by Gasteiger charge is 2.24. The van der Waals surface area contributed by atoms with Crippen molar-refractivity contribution in [3.8, 4) is 10.8 Å². The first-order chi connectivity index (χ1) is 9.38. The average molecular weight is 301 g/mol. The van der Waals surface area contributed by atoms with Gasteiger partial charge in [0.2, 0.25) is 0 Å². The van der Waals surface area contributed by atoms with Crippen LogP contribution in [0.5, 0.6) is 10.8 Å². The number of thiophene rings is 1. The van der Waals surface area contributed by atoms with Gasteiger partial charge >= 0.3 is 5.69 Å². The molecule has 2 rings (SSSR count). The molecule has 5 nitrogen and oxygen atoms in total. The van der Waals surface area contributed by atoms with Crippen LogP contribution in [0.2, 0.25) is 0 Å².